The van der Waals surface area contributed by atoms with Crippen LogP contribution in [-0.4, -0.2) is 17.1 Å². The molecule has 1 aromatic carbocycles. The molecule has 1 rings (SSSR count). The maximum atomic E-state index is 10.6. The maximum absolute atomic E-state index is 10.6. The van der Waals surface area contributed by atoms with Crippen molar-refractivity contribution in [2.45, 2.75) is 6.04 Å². The van der Waals surface area contributed by atoms with Gasteiger partial charge in [-0.05, 0) is 24.3 Å². The topological polar surface area (TPSA) is 49.3 Å². The minimum atomic E-state index is -0.963. The molecule has 0 aliphatic carbocycles. The summed E-state index contributed by atoms with van der Waals surface area (Å²) >= 11 is 5.68. The number of carboxylic acid groups (broad SMARTS) is 1. The molecular weight excluding hydrogens is 202 g/mol. The van der Waals surface area contributed by atoms with E-state index in [-0.39, 0.29) is 0 Å². The Kier molecular flexibility index (Phi) is 3.54. The summed E-state index contributed by atoms with van der Waals surface area (Å²) < 4.78 is 0. The van der Waals surface area contributed by atoms with E-state index in [4.69, 9.17) is 16.7 Å². The van der Waals surface area contributed by atoms with E-state index in [1.807, 2.05) is 0 Å². The van der Waals surface area contributed by atoms with Crippen LogP contribution in [0.5, 0.6) is 0 Å². The van der Waals surface area contributed by atoms with Crippen LogP contribution < -0.4 is 5.32 Å². The molecule has 1 unspecified atom stereocenters. The Morgan fingerprint density at radius 2 is 2.07 bits per heavy atom. The van der Waals surface area contributed by atoms with Crippen LogP contribution in [-0.2, 0) is 4.79 Å². The van der Waals surface area contributed by atoms with E-state index in [9.17, 15) is 4.79 Å². The Hall–Kier alpha value is -1.48. The van der Waals surface area contributed by atoms with Crippen LogP contribution in [0, 0.1) is 0 Å². The summed E-state index contributed by atoms with van der Waals surface area (Å²) in [6, 6.07) is 6.01. The van der Waals surface area contributed by atoms with Crippen molar-refractivity contribution in [1.82, 2.24) is 0 Å². The van der Waals surface area contributed by atoms with Crippen molar-refractivity contribution in [3.05, 3.63) is 41.9 Å². The monoisotopic (exact) mass is 211 g/mol. The van der Waals surface area contributed by atoms with Crippen molar-refractivity contribution in [3.8, 4) is 0 Å². The van der Waals surface area contributed by atoms with Gasteiger partial charge in [0.05, 0.1) is 0 Å². The van der Waals surface area contributed by atoms with Gasteiger partial charge in [0.1, 0.15) is 6.04 Å². The molecule has 74 valence electrons. The van der Waals surface area contributed by atoms with Gasteiger partial charge in [-0.15, -0.1) is 6.58 Å². The molecular formula is C10H10ClNO2. The van der Waals surface area contributed by atoms with Crippen molar-refractivity contribution in [1.29, 1.82) is 0 Å². The molecule has 0 heterocycles. The summed E-state index contributed by atoms with van der Waals surface area (Å²) in [6.45, 7) is 3.43. The number of carboxylic acids is 1. The van der Waals surface area contributed by atoms with Gasteiger partial charge in [0.15, 0.2) is 0 Å². The predicted molar refractivity (Wildman–Crippen MR) is 56.7 cm³/mol. The number of halogens is 1. The van der Waals surface area contributed by atoms with Crippen LogP contribution in [0.4, 0.5) is 5.69 Å². The number of hydrogen-bond donors (Lipinski definition) is 2. The molecule has 0 saturated carbocycles. The van der Waals surface area contributed by atoms with E-state index >= 15 is 0 Å². The maximum Gasteiger partial charge on any atom is 0.330 e. The van der Waals surface area contributed by atoms with Crippen LogP contribution >= 0.6 is 11.6 Å². The highest BCUT2D eigenvalue weighted by Crippen LogP contribution is 2.14. The zero-order chi connectivity index (χ0) is 10.6. The van der Waals surface area contributed by atoms with Crippen molar-refractivity contribution in [3.63, 3.8) is 0 Å². The van der Waals surface area contributed by atoms with Crippen LogP contribution in [0.3, 0.4) is 0 Å². The Bertz CT molecular complexity index is 334. The van der Waals surface area contributed by atoms with Gasteiger partial charge in [-0.25, -0.2) is 4.79 Å². The fourth-order valence-corrected chi connectivity index (χ4v) is 1.07. The molecule has 3 nitrogen and oxygen atoms in total. The standard InChI is InChI=1S/C10H10ClNO2/c1-2-9(10(13)14)12-8-5-3-7(11)4-6-8/h2-6,9,12H,1H2,(H,13,14). The molecule has 2 N–H and O–H groups in total. The quantitative estimate of drug-likeness (QED) is 0.752. The van der Waals surface area contributed by atoms with E-state index < -0.39 is 12.0 Å². The third kappa shape index (κ3) is 2.78. The molecule has 0 radical (unpaired) electrons. The molecule has 0 bridgehead atoms. The normalized spacial score (nSPS) is 11.8. The highest BCUT2D eigenvalue weighted by Gasteiger charge is 2.11. The van der Waals surface area contributed by atoms with Crippen molar-refractivity contribution in [2.75, 3.05) is 5.32 Å². The molecule has 1 aromatic rings. The van der Waals surface area contributed by atoms with Gasteiger partial charge in [-0.3, -0.25) is 0 Å². The summed E-state index contributed by atoms with van der Waals surface area (Å²) in [4.78, 5) is 10.6. The lowest BCUT2D eigenvalue weighted by Gasteiger charge is -2.11. The van der Waals surface area contributed by atoms with E-state index in [0.717, 1.165) is 0 Å². The van der Waals surface area contributed by atoms with Gasteiger partial charge in [0, 0.05) is 10.7 Å². The van der Waals surface area contributed by atoms with Gasteiger partial charge >= 0.3 is 5.97 Å². The number of carbonyl (C=O) groups is 1. The Balaban J connectivity index is 2.72. The lowest BCUT2D eigenvalue weighted by atomic mass is 10.2. The molecule has 4 heteroatoms. The van der Waals surface area contributed by atoms with Crippen molar-refractivity contribution < 1.29 is 9.90 Å². The van der Waals surface area contributed by atoms with Crippen LogP contribution in [0.25, 0.3) is 0 Å². The second-order valence-electron chi connectivity index (χ2n) is 2.70. The average Bonchev–Trinajstić information content (AvgIpc) is 2.16. The summed E-state index contributed by atoms with van der Waals surface area (Å²) in [5.74, 6) is -0.963. The van der Waals surface area contributed by atoms with Gasteiger partial charge in [-0.1, -0.05) is 17.7 Å². The van der Waals surface area contributed by atoms with Crippen LogP contribution in [0.15, 0.2) is 36.9 Å². The fourth-order valence-electron chi connectivity index (χ4n) is 0.947. The number of hydrogen-bond acceptors (Lipinski definition) is 2. The van der Waals surface area contributed by atoms with E-state index in [2.05, 4.69) is 11.9 Å². The minimum Gasteiger partial charge on any atom is -0.479 e. The van der Waals surface area contributed by atoms with E-state index in [1.165, 1.54) is 6.08 Å². The highest BCUT2D eigenvalue weighted by molar-refractivity contribution is 6.30. The Labute approximate surface area is 87.0 Å². The SMILES string of the molecule is C=CC(Nc1ccc(Cl)cc1)C(=O)O. The predicted octanol–water partition coefficient (Wildman–Crippen LogP) is 2.39. The second kappa shape index (κ2) is 4.67. The molecule has 1 atom stereocenters. The molecule has 0 amide bonds. The molecule has 0 spiro atoms. The molecule has 0 aromatic heterocycles. The van der Waals surface area contributed by atoms with Gasteiger partial charge in [0.25, 0.3) is 0 Å². The fraction of sp³-hybridized carbons (Fsp3) is 0.100. The number of rotatable bonds is 4. The van der Waals surface area contributed by atoms with Gasteiger partial charge in [-0.2, -0.15) is 0 Å². The van der Waals surface area contributed by atoms with Crippen LogP contribution in [0.2, 0.25) is 5.02 Å². The highest BCUT2D eigenvalue weighted by atomic mass is 35.5. The molecule has 0 fully saturated rings. The largest absolute Gasteiger partial charge is 0.479 e. The number of benzene rings is 1. The number of anilines is 1. The van der Waals surface area contributed by atoms with E-state index in [0.29, 0.717) is 10.7 Å². The number of aliphatic carboxylic acids is 1. The van der Waals surface area contributed by atoms with Gasteiger partial charge < -0.3 is 10.4 Å². The first-order chi connectivity index (χ1) is 6.63. The molecule has 0 aliphatic heterocycles. The molecule has 14 heavy (non-hydrogen) atoms. The third-order valence-corrected chi connectivity index (χ3v) is 1.92. The summed E-state index contributed by atoms with van der Waals surface area (Å²) in [6.07, 6.45) is 1.33. The Morgan fingerprint density at radius 1 is 1.50 bits per heavy atom. The van der Waals surface area contributed by atoms with Crippen molar-refractivity contribution >= 4 is 23.3 Å². The first kappa shape index (κ1) is 10.6. The summed E-state index contributed by atoms with van der Waals surface area (Å²) in [5.41, 5.74) is 0.696. The van der Waals surface area contributed by atoms with Gasteiger partial charge in [0.2, 0.25) is 0 Å². The van der Waals surface area contributed by atoms with E-state index in [1.54, 1.807) is 24.3 Å². The van der Waals surface area contributed by atoms with Crippen LogP contribution in [0.1, 0.15) is 0 Å². The zero-order valence-corrected chi connectivity index (χ0v) is 8.16. The lowest BCUT2D eigenvalue weighted by molar-refractivity contribution is -0.136. The zero-order valence-electron chi connectivity index (χ0n) is 7.40. The Morgan fingerprint density at radius 3 is 2.50 bits per heavy atom. The third-order valence-electron chi connectivity index (χ3n) is 1.67. The summed E-state index contributed by atoms with van der Waals surface area (Å²) in [7, 11) is 0. The smallest absolute Gasteiger partial charge is 0.330 e. The minimum absolute atomic E-state index is 0.612. The lowest BCUT2D eigenvalue weighted by Crippen LogP contribution is -2.26. The average molecular weight is 212 g/mol. The second-order valence-corrected chi connectivity index (χ2v) is 3.14. The molecule has 0 saturated heterocycles. The first-order valence-corrected chi connectivity index (χ1v) is 4.38. The first-order valence-electron chi connectivity index (χ1n) is 4.01. The molecule has 0 aliphatic rings. The number of nitrogens with one attached hydrogen (secondary N) is 1. The summed E-state index contributed by atoms with van der Waals surface area (Å²) in [5, 5.41) is 12.1. The van der Waals surface area contributed by atoms with Crippen molar-refractivity contribution in [2.24, 2.45) is 0 Å².